The van der Waals surface area contributed by atoms with Crippen LogP contribution in [-0.4, -0.2) is 6.61 Å². The molecule has 0 aromatic heterocycles. The van der Waals surface area contributed by atoms with E-state index in [1.165, 1.54) is 10.9 Å². The molecule has 0 amide bonds. The van der Waals surface area contributed by atoms with Gasteiger partial charge in [-0.3, -0.25) is 0 Å². The summed E-state index contributed by atoms with van der Waals surface area (Å²) in [6.07, 6.45) is 1.68. The lowest BCUT2D eigenvalue weighted by atomic mass is 9.92. The Labute approximate surface area is 143 Å². The van der Waals surface area contributed by atoms with Crippen LogP contribution in [0.1, 0.15) is 30.4 Å². The lowest BCUT2D eigenvalue weighted by molar-refractivity contribution is 0.306. The third kappa shape index (κ3) is 3.58. The van der Waals surface area contributed by atoms with Gasteiger partial charge in [-0.05, 0) is 40.5 Å². The molecule has 0 radical (unpaired) electrons. The average Bonchev–Trinajstić information content (AvgIpc) is 2.65. The highest BCUT2D eigenvalue weighted by Crippen LogP contribution is 2.27. The van der Waals surface area contributed by atoms with Crippen LogP contribution in [0.25, 0.3) is 10.8 Å². The Hall–Kier alpha value is -2.79. The van der Waals surface area contributed by atoms with Gasteiger partial charge in [0.25, 0.3) is 0 Å². The number of hydrogen-bond donors (Lipinski definition) is 0. The largest absolute Gasteiger partial charge is 0.494 e. The number of fused-ring (bicyclic) bond motifs is 1. The Bertz CT molecular complexity index is 858. The summed E-state index contributed by atoms with van der Waals surface area (Å²) in [5.41, 5.74) is 2.35. The molecule has 0 saturated carbocycles. The van der Waals surface area contributed by atoms with E-state index >= 15 is 0 Å². The molecule has 120 valence electrons. The maximum absolute atomic E-state index is 9.61. The van der Waals surface area contributed by atoms with Crippen molar-refractivity contribution in [2.24, 2.45) is 0 Å². The standard InChI is InChI=1S/C22H21NO/c1-2-17-7-5-10-20(15-17)24-14-13-19(16-23)22-12-6-9-18-8-3-4-11-21(18)22/h3-12,15,19H,2,13-14H2,1H3. The number of ether oxygens (including phenoxy) is 1. The van der Waals surface area contributed by atoms with E-state index in [0.717, 1.165) is 23.1 Å². The molecule has 2 nitrogen and oxygen atoms in total. The van der Waals surface area contributed by atoms with Crippen LogP contribution in [0.4, 0.5) is 0 Å². The van der Waals surface area contributed by atoms with Crippen molar-refractivity contribution in [2.45, 2.75) is 25.7 Å². The first-order valence-corrected chi connectivity index (χ1v) is 8.41. The van der Waals surface area contributed by atoms with Crippen molar-refractivity contribution >= 4 is 10.8 Å². The summed E-state index contributed by atoms with van der Waals surface area (Å²) >= 11 is 0. The van der Waals surface area contributed by atoms with Crippen LogP contribution in [0, 0.1) is 11.3 Å². The number of benzene rings is 3. The van der Waals surface area contributed by atoms with Gasteiger partial charge in [-0.1, -0.05) is 61.5 Å². The van der Waals surface area contributed by atoms with Crippen molar-refractivity contribution in [3.8, 4) is 11.8 Å². The van der Waals surface area contributed by atoms with Crippen LogP contribution in [-0.2, 0) is 6.42 Å². The van der Waals surface area contributed by atoms with Gasteiger partial charge in [0.2, 0.25) is 0 Å². The molecule has 3 aromatic rings. The molecular weight excluding hydrogens is 294 g/mol. The maximum Gasteiger partial charge on any atom is 0.119 e. The number of hydrogen-bond acceptors (Lipinski definition) is 2. The molecular formula is C22H21NO. The summed E-state index contributed by atoms with van der Waals surface area (Å²) in [6, 6.07) is 25.0. The first kappa shape index (κ1) is 16.1. The Morgan fingerprint density at radius 1 is 1.00 bits per heavy atom. The molecule has 3 rings (SSSR count). The second-order valence-electron chi connectivity index (χ2n) is 5.89. The normalized spacial score (nSPS) is 11.8. The predicted molar refractivity (Wildman–Crippen MR) is 98.2 cm³/mol. The third-order valence-electron chi connectivity index (χ3n) is 4.34. The zero-order valence-corrected chi connectivity index (χ0v) is 13.9. The number of rotatable bonds is 6. The van der Waals surface area contributed by atoms with E-state index in [1.807, 2.05) is 36.4 Å². The topological polar surface area (TPSA) is 33.0 Å². The van der Waals surface area contributed by atoms with Crippen LogP contribution in [0.2, 0.25) is 0 Å². The predicted octanol–water partition coefficient (Wildman–Crippen LogP) is 5.48. The summed E-state index contributed by atoms with van der Waals surface area (Å²) in [7, 11) is 0. The van der Waals surface area contributed by atoms with E-state index in [2.05, 4.69) is 43.3 Å². The molecule has 0 bridgehead atoms. The first-order valence-electron chi connectivity index (χ1n) is 8.41. The summed E-state index contributed by atoms with van der Waals surface area (Å²) in [4.78, 5) is 0. The Morgan fingerprint density at radius 3 is 2.62 bits per heavy atom. The molecule has 3 aromatic carbocycles. The minimum absolute atomic E-state index is 0.162. The molecule has 0 heterocycles. The summed E-state index contributed by atoms with van der Waals surface area (Å²) in [6.45, 7) is 2.67. The fraction of sp³-hybridized carbons (Fsp3) is 0.227. The molecule has 1 atom stereocenters. The van der Waals surface area contributed by atoms with Crippen LogP contribution >= 0.6 is 0 Å². The minimum atomic E-state index is -0.162. The number of nitrogens with zero attached hydrogens (tertiary/aromatic N) is 1. The van der Waals surface area contributed by atoms with Gasteiger partial charge >= 0.3 is 0 Å². The molecule has 0 spiro atoms. The van der Waals surface area contributed by atoms with Gasteiger partial charge in [-0.15, -0.1) is 0 Å². The van der Waals surface area contributed by atoms with E-state index in [4.69, 9.17) is 4.74 Å². The molecule has 0 aliphatic carbocycles. The fourth-order valence-corrected chi connectivity index (χ4v) is 2.99. The van der Waals surface area contributed by atoms with E-state index in [9.17, 15) is 5.26 Å². The Kier molecular flexibility index (Phi) is 5.13. The molecule has 0 fully saturated rings. The van der Waals surface area contributed by atoms with Gasteiger partial charge in [0.05, 0.1) is 18.6 Å². The van der Waals surface area contributed by atoms with E-state index in [0.29, 0.717) is 13.0 Å². The van der Waals surface area contributed by atoms with Crippen molar-refractivity contribution in [2.75, 3.05) is 6.61 Å². The van der Waals surface area contributed by atoms with Crippen LogP contribution in [0.15, 0.2) is 66.7 Å². The Balaban J connectivity index is 1.72. The molecule has 0 saturated heterocycles. The molecule has 24 heavy (non-hydrogen) atoms. The van der Waals surface area contributed by atoms with Crippen molar-refractivity contribution in [1.29, 1.82) is 5.26 Å². The minimum Gasteiger partial charge on any atom is -0.494 e. The monoisotopic (exact) mass is 315 g/mol. The highest BCUT2D eigenvalue weighted by Gasteiger charge is 2.13. The first-order chi connectivity index (χ1) is 11.8. The van der Waals surface area contributed by atoms with Crippen LogP contribution in [0.3, 0.4) is 0 Å². The zero-order valence-electron chi connectivity index (χ0n) is 13.9. The SMILES string of the molecule is CCc1cccc(OCCC(C#N)c2cccc3ccccc23)c1. The van der Waals surface area contributed by atoms with Crippen molar-refractivity contribution in [3.05, 3.63) is 77.9 Å². The number of aryl methyl sites for hydroxylation is 1. The lowest BCUT2D eigenvalue weighted by Gasteiger charge is -2.13. The second-order valence-corrected chi connectivity index (χ2v) is 5.89. The molecule has 2 heteroatoms. The molecule has 0 aliphatic rings. The number of nitriles is 1. The van der Waals surface area contributed by atoms with Gasteiger partial charge in [0.15, 0.2) is 0 Å². The van der Waals surface area contributed by atoms with Gasteiger partial charge < -0.3 is 4.74 Å². The van der Waals surface area contributed by atoms with Gasteiger partial charge in [-0.25, -0.2) is 0 Å². The lowest BCUT2D eigenvalue weighted by Crippen LogP contribution is -2.05. The highest BCUT2D eigenvalue weighted by atomic mass is 16.5. The Morgan fingerprint density at radius 2 is 1.79 bits per heavy atom. The van der Waals surface area contributed by atoms with Crippen molar-refractivity contribution in [1.82, 2.24) is 0 Å². The smallest absolute Gasteiger partial charge is 0.119 e. The van der Waals surface area contributed by atoms with E-state index in [1.54, 1.807) is 0 Å². The van der Waals surface area contributed by atoms with Crippen molar-refractivity contribution < 1.29 is 4.74 Å². The second kappa shape index (κ2) is 7.66. The molecule has 0 aliphatic heterocycles. The van der Waals surface area contributed by atoms with Crippen molar-refractivity contribution in [3.63, 3.8) is 0 Å². The van der Waals surface area contributed by atoms with Crippen LogP contribution in [0.5, 0.6) is 5.75 Å². The van der Waals surface area contributed by atoms with Crippen LogP contribution < -0.4 is 4.74 Å². The maximum atomic E-state index is 9.61. The molecule has 0 N–H and O–H groups in total. The zero-order chi connectivity index (χ0) is 16.8. The summed E-state index contributed by atoms with van der Waals surface area (Å²) in [5.74, 6) is 0.717. The van der Waals surface area contributed by atoms with Gasteiger partial charge in [0, 0.05) is 6.42 Å². The van der Waals surface area contributed by atoms with E-state index in [-0.39, 0.29) is 5.92 Å². The highest BCUT2D eigenvalue weighted by molar-refractivity contribution is 5.86. The third-order valence-corrected chi connectivity index (χ3v) is 4.34. The molecule has 1 unspecified atom stereocenters. The van der Waals surface area contributed by atoms with Gasteiger partial charge in [-0.2, -0.15) is 5.26 Å². The quantitative estimate of drug-likeness (QED) is 0.603. The van der Waals surface area contributed by atoms with Gasteiger partial charge in [0.1, 0.15) is 5.75 Å². The van der Waals surface area contributed by atoms with E-state index < -0.39 is 0 Å². The summed E-state index contributed by atoms with van der Waals surface area (Å²) in [5, 5.41) is 11.9. The fourth-order valence-electron chi connectivity index (χ4n) is 2.99. The average molecular weight is 315 g/mol. The summed E-state index contributed by atoms with van der Waals surface area (Å²) < 4.78 is 5.86.